The van der Waals surface area contributed by atoms with Crippen LogP contribution in [-0.4, -0.2) is 49.9 Å². The van der Waals surface area contributed by atoms with Crippen LogP contribution in [0.5, 0.6) is 5.75 Å². The van der Waals surface area contributed by atoms with E-state index in [2.05, 4.69) is 0 Å². The van der Waals surface area contributed by atoms with Gasteiger partial charge in [-0.1, -0.05) is 18.2 Å². The molecule has 0 N–H and O–H groups in total. The molecule has 0 saturated carbocycles. The van der Waals surface area contributed by atoms with Crippen LogP contribution < -0.4 is 4.74 Å². The Hall–Kier alpha value is -1.56. The number of para-hydroxylation sites is 1. The number of hydrogen-bond acceptors (Lipinski definition) is 4. The van der Waals surface area contributed by atoms with Crippen molar-refractivity contribution in [1.29, 1.82) is 0 Å². The van der Waals surface area contributed by atoms with E-state index in [1.807, 2.05) is 24.3 Å². The zero-order chi connectivity index (χ0) is 14.3. The van der Waals surface area contributed by atoms with Gasteiger partial charge in [-0.15, -0.1) is 0 Å². The minimum atomic E-state index is -2.99. The lowest BCUT2D eigenvalue weighted by Gasteiger charge is -2.25. The maximum absolute atomic E-state index is 12.4. The molecular weight excluding hydrogens is 278 g/mol. The lowest BCUT2D eigenvalue weighted by Crippen LogP contribution is -2.45. The van der Waals surface area contributed by atoms with Crippen LogP contribution in [0.15, 0.2) is 24.3 Å². The SMILES string of the molecule is CN(C(=O)C1Cc2ccccc2O1)C1CCS(=O)(=O)C1. The molecule has 0 aromatic heterocycles. The fourth-order valence-corrected chi connectivity index (χ4v) is 4.58. The van der Waals surface area contributed by atoms with Gasteiger partial charge >= 0.3 is 0 Å². The molecule has 0 bridgehead atoms. The molecule has 6 heteroatoms. The van der Waals surface area contributed by atoms with Gasteiger partial charge < -0.3 is 9.64 Å². The number of fused-ring (bicyclic) bond motifs is 1. The molecule has 108 valence electrons. The molecule has 1 amide bonds. The average molecular weight is 295 g/mol. The van der Waals surface area contributed by atoms with E-state index in [-0.39, 0.29) is 23.5 Å². The first-order valence-electron chi connectivity index (χ1n) is 6.68. The van der Waals surface area contributed by atoms with Crippen molar-refractivity contribution in [2.45, 2.75) is 25.0 Å². The summed E-state index contributed by atoms with van der Waals surface area (Å²) in [6.45, 7) is 0. The highest BCUT2D eigenvalue weighted by Crippen LogP contribution is 2.29. The van der Waals surface area contributed by atoms with E-state index in [0.717, 1.165) is 11.3 Å². The van der Waals surface area contributed by atoms with E-state index < -0.39 is 15.9 Å². The van der Waals surface area contributed by atoms with Crippen molar-refractivity contribution in [2.24, 2.45) is 0 Å². The minimum absolute atomic E-state index is 0.0644. The van der Waals surface area contributed by atoms with Gasteiger partial charge in [-0.25, -0.2) is 8.42 Å². The third-order valence-electron chi connectivity index (χ3n) is 4.03. The van der Waals surface area contributed by atoms with Gasteiger partial charge in [-0.2, -0.15) is 0 Å². The normalized spacial score (nSPS) is 26.9. The first-order valence-corrected chi connectivity index (χ1v) is 8.50. The number of likely N-dealkylation sites (N-methyl/N-ethyl adjacent to an activating group) is 1. The Bertz CT molecular complexity index is 615. The fourth-order valence-electron chi connectivity index (χ4n) is 2.81. The lowest BCUT2D eigenvalue weighted by atomic mass is 10.1. The Morgan fingerprint density at radius 1 is 1.35 bits per heavy atom. The van der Waals surface area contributed by atoms with Gasteiger partial charge in [0.05, 0.1) is 11.5 Å². The highest BCUT2D eigenvalue weighted by Gasteiger charge is 2.37. The molecule has 5 nitrogen and oxygen atoms in total. The quantitative estimate of drug-likeness (QED) is 0.803. The maximum Gasteiger partial charge on any atom is 0.264 e. The summed E-state index contributed by atoms with van der Waals surface area (Å²) in [6, 6.07) is 7.37. The monoisotopic (exact) mass is 295 g/mol. The van der Waals surface area contributed by atoms with E-state index in [0.29, 0.717) is 12.8 Å². The highest BCUT2D eigenvalue weighted by molar-refractivity contribution is 7.91. The summed E-state index contributed by atoms with van der Waals surface area (Å²) >= 11 is 0. The van der Waals surface area contributed by atoms with Crippen molar-refractivity contribution in [3.63, 3.8) is 0 Å². The highest BCUT2D eigenvalue weighted by atomic mass is 32.2. The molecule has 2 aliphatic rings. The molecule has 1 aromatic rings. The molecular formula is C14H17NO4S. The summed E-state index contributed by atoms with van der Waals surface area (Å²) in [5.41, 5.74) is 1.03. The van der Waals surface area contributed by atoms with Crippen molar-refractivity contribution in [2.75, 3.05) is 18.6 Å². The molecule has 1 fully saturated rings. The van der Waals surface area contributed by atoms with E-state index in [4.69, 9.17) is 4.74 Å². The van der Waals surface area contributed by atoms with Crippen LogP contribution in [0.1, 0.15) is 12.0 Å². The molecule has 3 rings (SSSR count). The predicted molar refractivity (Wildman–Crippen MR) is 74.4 cm³/mol. The Morgan fingerprint density at radius 3 is 2.75 bits per heavy atom. The Kier molecular flexibility index (Phi) is 3.20. The second kappa shape index (κ2) is 4.77. The van der Waals surface area contributed by atoms with Gasteiger partial charge in [0.15, 0.2) is 15.9 Å². The summed E-state index contributed by atoms with van der Waals surface area (Å²) in [5, 5.41) is 0. The first-order chi connectivity index (χ1) is 9.46. The van der Waals surface area contributed by atoms with Gasteiger partial charge in [0.1, 0.15) is 5.75 Å². The Labute approximate surface area is 118 Å². The smallest absolute Gasteiger partial charge is 0.264 e. The predicted octanol–water partition coefficient (Wildman–Crippen LogP) is 0.636. The minimum Gasteiger partial charge on any atom is -0.480 e. The number of rotatable bonds is 2. The number of nitrogens with zero attached hydrogens (tertiary/aromatic N) is 1. The fraction of sp³-hybridized carbons (Fsp3) is 0.500. The molecule has 2 atom stereocenters. The number of benzene rings is 1. The van der Waals surface area contributed by atoms with Crippen LogP contribution in [0.25, 0.3) is 0 Å². The van der Waals surface area contributed by atoms with Crippen LogP contribution in [0.4, 0.5) is 0 Å². The Morgan fingerprint density at radius 2 is 2.10 bits per heavy atom. The summed E-state index contributed by atoms with van der Waals surface area (Å²) in [7, 11) is -1.32. The zero-order valence-electron chi connectivity index (χ0n) is 11.3. The summed E-state index contributed by atoms with van der Waals surface area (Å²) in [4.78, 5) is 14.0. The van der Waals surface area contributed by atoms with E-state index >= 15 is 0 Å². The van der Waals surface area contributed by atoms with Crippen molar-refractivity contribution >= 4 is 15.7 Å². The molecule has 1 saturated heterocycles. The van der Waals surface area contributed by atoms with Crippen LogP contribution in [0.3, 0.4) is 0 Å². The first kappa shape index (κ1) is 13.4. The Balaban J connectivity index is 1.69. The molecule has 2 unspecified atom stereocenters. The molecule has 0 spiro atoms. The number of carbonyl (C=O) groups excluding carboxylic acids is 1. The second-order valence-corrected chi connectivity index (χ2v) is 7.65. The van der Waals surface area contributed by atoms with Crippen molar-refractivity contribution in [3.8, 4) is 5.75 Å². The third-order valence-corrected chi connectivity index (χ3v) is 5.78. The summed E-state index contributed by atoms with van der Waals surface area (Å²) < 4.78 is 28.7. The van der Waals surface area contributed by atoms with E-state index in [1.165, 1.54) is 0 Å². The van der Waals surface area contributed by atoms with Gasteiger partial charge in [0, 0.05) is 19.5 Å². The maximum atomic E-state index is 12.4. The van der Waals surface area contributed by atoms with E-state index in [1.54, 1.807) is 11.9 Å². The molecule has 1 aromatic carbocycles. The van der Waals surface area contributed by atoms with Crippen LogP contribution in [-0.2, 0) is 21.1 Å². The van der Waals surface area contributed by atoms with Gasteiger partial charge in [-0.05, 0) is 18.1 Å². The van der Waals surface area contributed by atoms with Gasteiger partial charge in [0.2, 0.25) is 0 Å². The van der Waals surface area contributed by atoms with Crippen LogP contribution in [0, 0.1) is 0 Å². The van der Waals surface area contributed by atoms with Crippen LogP contribution >= 0.6 is 0 Å². The molecule has 2 heterocycles. The van der Waals surface area contributed by atoms with Gasteiger partial charge in [-0.3, -0.25) is 4.79 Å². The number of sulfone groups is 1. The summed E-state index contributed by atoms with van der Waals surface area (Å²) in [5.74, 6) is 0.845. The second-order valence-electron chi connectivity index (χ2n) is 5.42. The molecule has 2 aliphatic heterocycles. The lowest BCUT2D eigenvalue weighted by molar-refractivity contribution is -0.138. The van der Waals surface area contributed by atoms with Crippen LogP contribution in [0.2, 0.25) is 0 Å². The molecule has 20 heavy (non-hydrogen) atoms. The standard InChI is InChI=1S/C14H17NO4S/c1-15(11-6-7-20(17,18)9-11)14(16)13-8-10-4-2-3-5-12(10)19-13/h2-5,11,13H,6-9H2,1H3. The number of ether oxygens (including phenoxy) is 1. The number of carbonyl (C=O) groups is 1. The van der Waals surface area contributed by atoms with Gasteiger partial charge in [0.25, 0.3) is 5.91 Å². The average Bonchev–Trinajstić information content (AvgIpc) is 3.00. The van der Waals surface area contributed by atoms with Crippen molar-refractivity contribution < 1.29 is 17.9 Å². The number of hydrogen-bond donors (Lipinski definition) is 0. The molecule has 0 radical (unpaired) electrons. The summed E-state index contributed by atoms with van der Waals surface area (Å²) in [6.07, 6.45) is 0.545. The van der Waals surface area contributed by atoms with Crippen molar-refractivity contribution in [1.82, 2.24) is 4.90 Å². The topological polar surface area (TPSA) is 63.7 Å². The van der Waals surface area contributed by atoms with E-state index in [9.17, 15) is 13.2 Å². The molecule has 0 aliphatic carbocycles. The zero-order valence-corrected chi connectivity index (χ0v) is 12.1. The number of amides is 1. The third kappa shape index (κ3) is 2.40. The largest absolute Gasteiger partial charge is 0.480 e. The van der Waals surface area contributed by atoms with Crippen molar-refractivity contribution in [3.05, 3.63) is 29.8 Å².